The van der Waals surface area contributed by atoms with Crippen molar-refractivity contribution in [2.24, 2.45) is 0 Å². The number of nitrogens with one attached hydrogen (secondary N) is 2. The van der Waals surface area contributed by atoms with Crippen LogP contribution in [0.4, 0.5) is 0 Å². The molecule has 2 N–H and O–H groups in total. The Morgan fingerprint density at radius 3 is 2.62 bits per heavy atom. The molecule has 140 valence electrons. The predicted octanol–water partition coefficient (Wildman–Crippen LogP) is 0.180. The Kier molecular flexibility index (Phi) is 6.40. The van der Waals surface area contributed by atoms with Gasteiger partial charge in [-0.2, -0.15) is 0 Å². The van der Waals surface area contributed by atoms with Crippen LogP contribution >= 0.6 is 12.2 Å². The number of hydrogen-bond acceptors (Lipinski definition) is 7. The van der Waals surface area contributed by atoms with Crippen LogP contribution in [-0.2, 0) is 14.3 Å². The van der Waals surface area contributed by atoms with Gasteiger partial charge in [-0.15, -0.1) is 0 Å². The van der Waals surface area contributed by atoms with E-state index in [1.54, 1.807) is 32.0 Å². The summed E-state index contributed by atoms with van der Waals surface area (Å²) < 4.78 is 15.6. The number of carbonyl (C=O) groups is 2. The van der Waals surface area contributed by atoms with Crippen molar-refractivity contribution < 1.29 is 28.9 Å². The number of carbonyl (C=O) groups excluding carboxylic acids is 2. The molecule has 9 heteroatoms. The van der Waals surface area contributed by atoms with Crippen molar-refractivity contribution in [3.05, 3.63) is 35.0 Å². The number of aliphatic carboxylic acids is 1. The zero-order valence-electron chi connectivity index (χ0n) is 14.6. The van der Waals surface area contributed by atoms with Crippen molar-refractivity contribution in [3.63, 3.8) is 0 Å². The lowest BCUT2D eigenvalue weighted by molar-refractivity contribution is -0.307. The van der Waals surface area contributed by atoms with E-state index in [2.05, 4.69) is 10.6 Å². The monoisotopic (exact) mass is 379 g/mol. The first kappa shape index (κ1) is 19.5. The largest absolute Gasteiger partial charge is 0.546 e. The maximum atomic E-state index is 12.2. The van der Waals surface area contributed by atoms with E-state index in [-0.39, 0.29) is 5.75 Å². The first-order valence-electron chi connectivity index (χ1n) is 7.83. The molecule has 1 aromatic carbocycles. The average Bonchev–Trinajstić information content (AvgIpc) is 2.59. The Morgan fingerprint density at radius 2 is 2.00 bits per heavy atom. The molecule has 1 atom stereocenters. The number of benzene rings is 1. The van der Waals surface area contributed by atoms with Crippen LogP contribution in [-0.4, -0.2) is 37.4 Å². The Labute approximate surface area is 156 Å². The van der Waals surface area contributed by atoms with Gasteiger partial charge in [0.05, 0.1) is 31.3 Å². The fourth-order valence-electron chi connectivity index (χ4n) is 2.55. The first-order chi connectivity index (χ1) is 12.4. The fraction of sp³-hybridized carbons (Fsp3) is 0.353. The normalized spacial score (nSPS) is 16.4. The van der Waals surface area contributed by atoms with Crippen molar-refractivity contribution in [1.82, 2.24) is 10.6 Å². The number of carboxylic acid groups (broad SMARTS) is 1. The van der Waals surface area contributed by atoms with Crippen molar-refractivity contribution in [2.45, 2.75) is 19.9 Å². The molecule has 0 spiro atoms. The van der Waals surface area contributed by atoms with Crippen molar-refractivity contribution >= 4 is 29.3 Å². The second-order valence-electron chi connectivity index (χ2n) is 5.36. The number of esters is 1. The van der Waals surface area contributed by atoms with Gasteiger partial charge >= 0.3 is 5.97 Å². The molecule has 0 fully saturated rings. The van der Waals surface area contributed by atoms with Gasteiger partial charge in [-0.3, -0.25) is 0 Å². The second-order valence-corrected chi connectivity index (χ2v) is 5.77. The van der Waals surface area contributed by atoms with E-state index >= 15 is 0 Å². The lowest BCUT2D eigenvalue weighted by atomic mass is 9.95. The third-order valence-corrected chi connectivity index (χ3v) is 3.84. The first-order valence-corrected chi connectivity index (χ1v) is 8.24. The smallest absolute Gasteiger partial charge is 0.337 e. The highest BCUT2D eigenvalue weighted by Gasteiger charge is 2.31. The van der Waals surface area contributed by atoms with Gasteiger partial charge in [0.2, 0.25) is 0 Å². The van der Waals surface area contributed by atoms with Crippen LogP contribution in [0, 0.1) is 0 Å². The van der Waals surface area contributed by atoms with E-state index in [4.69, 9.17) is 26.4 Å². The molecular formula is C17H19N2O6S-. The van der Waals surface area contributed by atoms with E-state index in [9.17, 15) is 14.7 Å². The van der Waals surface area contributed by atoms with Crippen LogP contribution in [0.15, 0.2) is 29.5 Å². The van der Waals surface area contributed by atoms with Gasteiger partial charge in [0.1, 0.15) is 6.61 Å². The van der Waals surface area contributed by atoms with Gasteiger partial charge < -0.3 is 34.7 Å². The van der Waals surface area contributed by atoms with E-state index < -0.39 is 24.6 Å². The number of thiocarbonyl (C=S) groups is 1. The summed E-state index contributed by atoms with van der Waals surface area (Å²) in [5, 5.41) is 16.9. The highest BCUT2D eigenvalue weighted by Crippen LogP contribution is 2.34. The van der Waals surface area contributed by atoms with Crippen molar-refractivity contribution in [3.8, 4) is 11.5 Å². The Hall–Kier alpha value is -2.81. The molecule has 0 saturated carbocycles. The summed E-state index contributed by atoms with van der Waals surface area (Å²) in [4.78, 5) is 22.8. The maximum Gasteiger partial charge on any atom is 0.337 e. The minimum Gasteiger partial charge on any atom is -0.546 e. The summed E-state index contributed by atoms with van der Waals surface area (Å²) >= 11 is 5.18. The Bertz CT molecular complexity index is 762. The van der Waals surface area contributed by atoms with Crippen LogP contribution in [0.3, 0.4) is 0 Å². The summed E-state index contributed by atoms with van der Waals surface area (Å²) in [6.45, 7) is 3.27. The minimum absolute atomic E-state index is 0.261. The summed E-state index contributed by atoms with van der Waals surface area (Å²) in [5.74, 6) is -1.23. The number of ether oxygens (including phenoxy) is 3. The van der Waals surface area contributed by atoms with E-state index in [0.29, 0.717) is 34.3 Å². The van der Waals surface area contributed by atoms with Crippen LogP contribution < -0.4 is 25.2 Å². The van der Waals surface area contributed by atoms with E-state index in [0.717, 1.165) is 0 Å². The average molecular weight is 379 g/mol. The van der Waals surface area contributed by atoms with Gasteiger partial charge in [-0.05, 0) is 43.8 Å². The number of allylic oxidation sites excluding steroid dienone is 1. The van der Waals surface area contributed by atoms with Crippen LogP contribution in [0.25, 0.3) is 0 Å². The van der Waals surface area contributed by atoms with Gasteiger partial charge in [-0.25, -0.2) is 4.79 Å². The lowest BCUT2D eigenvalue weighted by Crippen LogP contribution is -2.45. The number of rotatable bonds is 7. The molecule has 0 bridgehead atoms. The molecule has 26 heavy (non-hydrogen) atoms. The van der Waals surface area contributed by atoms with Crippen LogP contribution in [0.5, 0.6) is 11.5 Å². The van der Waals surface area contributed by atoms with Crippen molar-refractivity contribution in [1.29, 1.82) is 0 Å². The van der Waals surface area contributed by atoms with Crippen molar-refractivity contribution in [2.75, 3.05) is 20.3 Å². The highest BCUT2D eigenvalue weighted by atomic mass is 32.1. The Morgan fingerprint density at radius 1 is 1.27 bits per heavy atom. The summed E-state index contributed by atoms with van der Waals surface area (Å²) in [7, 11) is 1.30. The number of carboxylic acids is 1. The predicted molar refractivity (Wildman–Crippen MR) is 94.4 cm³/mol. The van der Waals surface area contributed by atoms with Gasteiger partial charge in [0.15, 0.2) is 16.6 Å². The molecule has 0 saturated heterocycles. The third-order valence-electron chi connectivity index (χ3n) is 3.62. The molecule has 0 unspecified atom stereocenters. The molecule has 2 rings (SSSR count). The summed E-state index contributed by atoms with van der Waals surface area (Å²) in [5.41, 5.74) is 1.64. The van der Waals surface area contributed by atoms with Crippen LogP contribution in [0.2, 0.25) is 0 Å². The summed E-state index contributed by atoms with van der Waals surface area (Å²) in [6.07, 6.45) is 0. The molecule has 1 heterocycles. The second kappa shape index (κ2) is 8.52. The van der Waals surface area contributed by atoms with Crippen LogP contribution in [0.1, 0.15) is 25.5 Å². The molecule has 0 radical (unpaired) electrons. The molecule has 8 nitrogen and oxygen atoms in total. The van der Waals surface area contributed by atoms with Gasteiger partial charge in [0, 0.05) is 5.70 Å². The molecule has 1 aliphatic rings. The minimum atomic E-state index is -1.34. The molecular weight excluding hydrogens is 360 g/mol. The standard InChI is InChI=1S/C17H20N2O6S/c1-4-24-12-7-10(5-6-11(12)25-8-13(20)21)15-14(16(22)23-3)9(2)18-17(26)19-15/h5-7,15H,4,8H2,1-3H3,(H,20,21)(H2,18,19,26)/p-1/t15-/m1/s1. The molecule has 1 aromatic rings. The third kappa shape index (κ3) is 4.42. The van der Waals surface area contributed by atoms with E-state index in [1.165, 1.54) is 7.11 Å². The fourth-order valence-corrected chi connectivity index (χ4v) is 2.82. The van der Waals surface area contributed by atoms with Gasteiger partial charge in [0.25, 0.3) is 0 Å². The topological polar surface area (TPSA) is 109 Å². The molecule has 1 aliphatic heterocycles. The Balaban J connectivity index is 2.43. The zero-order chi connectivity index (χ0) is 19.3. The molecule has 0 amide bonds. The SMILES string of the molecule is CCOc1cc([C@H]2NC(=S)NC(C)=C2C(=O)OC)ccc1OCC(=O)[O-]. The molecule has 0 aromatic heterocycles. The highest BCUT2D eigenvalue weighted by molar-refractivity contribution is 7.80. The summed E-state index contributed by atoms with van der Waals surface area (Å²) in [6, 6.07) is 4.37. The number of hydrogen-bond donors (Lipinski definition) is 2. The van der Waals surface area contributed by atoms with Gasteiger partial charge in [-0.1, -0.05) is 6.07 Å². The quantitative estimate of drug-likeness (QED) is 0.506. The maximum absolute atomic E-state index is 12.2. The lowest BCUT2D eigenvalue weighted by Gasteiger charge is -2.30. The molecule has 0 aliphatic carbocycles. The number of methoxy groups -OCH3 is 1. The zero-order valence-corrected chi connectivity index (χ0v) is 15.4. The van der Waals surface area contributed by atoms with E-state index in [1.807, 2.05) is 0 Å².